The van der Waals surface area contributed by atoms with Crippen molar-refractivity contribution in [2.45, 2.75) is 68.6 Å². The summed E-state index contributed by atoms with van der Waals surface area (Å²) < 4.78 is 54.6. The third-order valence-corrected chi connectivity index (χ3v) is 20.3. The van der Waals surface area contributed by atoms with Crippen LogP contribution in [0, 0.1) is 0 Å². The van der Waals surface area contributed by atoms with Crippen LogP contribution in [0.4, 0.5) is 0 Å². The summed E-state index contributed by atoms with van der Waals surface area (Å²) in [4.78, 5) is 0. The molecule has 11 nitrogen and oxygen atoms in total. The average Bonchev–Trinajstić information content (AvgIpc) is 3.41. The molecule has 234 valence electrons. The quantitative estimate of drug-likeness (QED) is 0.120. The SMILES string of the molecule is COC(OC)[SiH2]CCCN1CCC[Si]1(OC)OC.CO[Si](CCCCN1CCCC[Si]1(OC)OC)(OC)OC. The molecule has 0 N–H and O–H groups in total. The Hall–Kier alpha value is 0.428. The first-order valence-electron chi connectivity index (χ1n) is 14.3. The summed E-state index contributed by atoms with van der Waals surface area (Å²) in [5.74, 6) is 0.0652. The summed E-state index contributed by atoms with van der Waals surface area (Å²) in [6, 6.07) is 4.24. The van der Waals surface area contributed by atoms with E-state index in [0.717, 1.165) is 57.2 Å². The normalized spacial score (nSPS) is 20.2. The monoisotopic (exact) mass is 630 g/mol. The van der Waals surface area contributed by atoms with Crippen LogP contribution in [0.2, 0.25) is 24.2 Å². The highest BCUT2D eigenvalue weighted by molar-refractivity contribution is 6.65. The van der Waals surface area contributed by atoms with E-state index in [9.17, 15) is 0 Å². The largest absolute Gasteiger partial charge is 0.500 e. The molecule has 0 bridgehead atoms. The second-order valence-corrected chi connectivity index (χ2v) is 21.7. The van der Waals surface area contributed by atoms with Crippen LogP contribution in [-0.4, -0.2) is 141 Å². The molecule has 2 heterocycles. The first-order valence-corrected chi connectivity index (χ1v) is 21.9. The fourth-order valence-electron chi connectivity index (χ4n) is 5.60. The van der Waals surface area contributed by atoms with Gasteiger partial charge in [0.2, 0.25) is 0 Å². The van der Waals surface area contributed by atoms with Gasteiger partial charge in [-0.05, 0) is 64.7 Å². The van der Waals surface area contributed by atoms with E-state index in [0.29, 0.717) is 0 Å². The molecule has 2 aliphatic heterocycles. The van der Waals surface area contributed by atoms with E-state index in [1.54, 1.807) is 64.0 Å². The zero-order valence-corrected chi connectivity index (χ0v) is 30.7. The zero-order chi connectivity index (χ0) is 29.2. The predicted octanol–water partition coefficient (Wildman–Crippen LogP) is 2.45. The van der Waals surface area contributed by atoms with Crippen molar-refractivity contribution in [1.82, 2.24) is 9.13 Å². The Balaban J connectivity index is 0.000000395. The molecule has 2 aliphatic rings. The standard InChI is InChI=1S/C13H31NO5Si2.C11H27NO4Si2/c1-15-20(16-2)12-8-6-10-14(20)11-7-9-13-21(17-3,18-4)19-5;1-13-11(14-2)17-9-5-7-12-8-6-10-18(12,15-3)16-4/h6-13H2,1-5H3;11H,5-10,17H2,1-4H3. The lowest BCUT2D eigenvalue weighted by atomic mass is 10.3. The van der Waals surface area contributed by atoms with Crippen LogP contribution in [-0.2, 0) is 40.5 Å². The van der Waals surface area contributed by atoms with Crippen LogP contribution in [0.15, 0.2) is 0 Å². The fraction of sp³-hybridized carbons (Fsp3) is 1.00. The van der Waals surface area contributed by atoms with Crippen LogP contribution in [0.25, 0.3) is 0 Å². The van der Waals surface area contributed by atoms with Crippen molar-refractivity contribution in [3.63, 3.8) is 0 Å². The summed E-state index contributed by atoms with van der Waals surface area (Å²) in [6.07, 6.45) is 6.93. The minimum atomic E-state index is -2.43. The molecule has 2 saturated heterocycles. The van der Waals surface area contributed by atoms with Gasteiger partial charge in [-0.2, -0.15) is 0 Å². The Morgan fingerprint density at radius 2 is 1.13 bits per heavy atom. The van der Waals surface area contributed by atoms with Crippen LogP contribution >= 0.6 is 0 Å². The Bertz CT molecular complexity index is 606. The van der Waals surface area contributed by atoms with Gasteiger partial charge in [0.15, 0.2) is 0 Å². The van der Waals surface area contributed by atoms with Crippen molar-refractivity contribution in [1.29, 1.82) is 0 Å². The predicted molar refractivity (Wildman–Crippen MR) is 163 cm³/mol. The van der Waals surface area contributed by atoms with Crippen molar-refractivity contribution < 1.29 is 40.5 Å². The van der Waals surface area contributed by atoms with Crippen molar-refractivity contribution in [3.05, 3.63) is 0 Å². The van der Waals surface area contributed by atoms with E-state index in [-0.39, 0.29) is 15.4 Å². The van der Waals surface area contributed by atoms with Crippen molar-refractivity contribution in [2.75, 3.05) is 90.2 Å². The van der Waals surface area contributed by atoms with Gasteiger partial charge in [0.05, 0.1) is 9.52 Å². The molecule has 0 aromatic rings. The van der Waals surface area contributed by atoms with Gasteiger partial charge in [0.1, 0.15) is 5.91 Å². The highest BCUT2D eigenvalue weighted by Gasteiger charge is 2.47. The van der Waals surface area contributed by atoms with Gasteiger partial charge in [-0.3, -0.25) is 9.13 Å². The zero-order valence-electron chi connectivity index (χ0n) is 26.3. The second-order valence-electron chi connectivity index (χ2n) is 9.93. The summed E-state index contributed by atoms with van der Waals surface area (Å²) >= 11 is 0. The van der Waals surface area contributed by atoms with Gasteiger partial charge >= 0.3 is 26.2 Å². The lowest BCUT2D eigenvalue weighted by Crippen LogP contribution is -2.60. The van der Waals surface area contributed by atoms with Crippen molar-refractivity contribution in [3.8, 4) is 0 Å². The summed E-state index contributed by atoms with van der Waals surface area (Å²) in [7, 11) is 8.70. The molecule has 0 spiro atoms. The molecule has 0 aliphatic carbocycles. The molecule has 0 radical (unpaired) electrons. The third kappa shape index (κ3) is 11.2. The fourth-order valence-corrected chi connectivity index (χ4v) is 14.8. The van der Waals surface area contributed by atoms with Crippen molar-refractivity contribution in [2.24, 2.45) is 0 Å². The maximum absolute atomic E-state index is 5.78. The molecular weight excluding hydrogens is 573 g/mol. The minimum absolute atomic E-state index is 0.0652. The topological polar surface area (TPSA) is 89.6 Å². The van der Waals surface area contributed by atoms with Gasteiger partial charge in [-0.25, -0.2) is 0 Å². The van der Waals surface area contributed by atoms with Gasteiger partial charge in [0.25, 0.3) is 0 Å². The maximum Gasteiger partial charge on any atom is 0.500 e. The van der Waals surface area contributed by atoms with E-state index in [2.05, 4.69) is 9.13 Å². The Kier molecular flexibility index (Phi) is 19.5. The maximum atomic E-state index is 5.78. The average molecular weight is 631 g/mol. The molecule has 0 atom stereocenters. The summed E-state index contributed by atoms with van der Waals surface area (Å²) in [5.41, 5.74) is 0. The molecule has 0 saturated carbocycles. The number of hydrogen-bond donors (Lipinski definition) is 0. The molecule has 0 aromatic carbocycles. The molecule has 2 fully saturated rings. The molecule has 2 rings (SSSR count). The number of methoxy groups -OCH3 is 2. The Morgan fingerprint density at radius 1 is 0.641 bits per heavy atom. The van der Waals surface area contributed by atoms with Crippen molar-refractivity contribution >= 4 is 35.8 Å². The van der Waals surface area contributed by atoms with E-state index in [1.165, 1.54) is 31.7 Å². The number of hydrogen-bond acceptors (Lipinski definition) is 11. The third-order valence-electron chi connectivity index (χ3n) is 8.07. The van der Waals surface area contributed by atoms with E-state index in [4.69, 9.17) is 40.5 Å². The van der Waals surface area contributed by atoms with Gasteiger partial charge in [0, 0.05) is 82.1 Å². The van der Waals surface area contributed by atoms with Crippen LogP contribution in [0.3, 0.4) is 0 Å². The highest BCUT2D eigenvalue weighted by atomic mass is 28.4. The minimum Gasteiger partial charge on any atom is -0.386 e. The van der Waals surface area contributed by atoms with Crippen LogP contribution in [0.5, 0.6) is 0 Å². The second kappa shape index (κ2) is 20.4. The lowest BCUT2D eigenvalue weighted by Gasteiger charge is -2.41. The number of rotatable bonds is 19. The van der Waals surface area contributed by atoms with Gasteiger partial charge in [-0.1, -0.05) is 6.04 Å². The van der Waals surface area contributed by atoms with Crippen LogP contribution in [0.1, 0.15) is 38.5 Å². The molecule has 0 aromatic heterocycles. The summed E-state index contributed by atoms with van der Waals surface area (Å²) in [5, 5.41) is 0. The first kappa shape index (κ1) is 37.5. The highest BCUT2D eigenvalue weighted by Crippen LogP contribution is 2.28. The number of nitrogens with zero attached hydrogens (tertiary/aromatic N) is 2. The number of ether oxygens (including phenoxy) is 2. The van der Waals surface area contributed by atoms with E-state index >= 15 is 0 Å². The molecule has 39 heavy (non-hydrogen) atoms. The Morgan fingerprint density at radius 3 is 1.62 bits per heavy atom. The molecule has 15 heteroatoms. The smallest absolute Gasteiger partial charge is 0.386 e. The summed E-state index contributed by atoms with van der Waals surface area (Å²) in [6.45, 7) is 4.29. The molecule has 0 unspecified atom stereocenters. The lowest BCUT2D eigenvalue weighted by molar-refractivity contribution is -0.0441. The van der Waals surface area contributed by atoms with Gasteiger partial charge in [-0.15, -0.1) is 0 Å². The number of unbranched alkanes of at least 4 members (excludes halogenated alkanes) is 1. The van der Waals surface area contributed by atoms with E-state index < -0.39 is 26.2 Å². The first-order chi connectivity index (χ1) is 18.8. The van der Waals surface area contributed by atoms with Crippen LogP contribution < -0.4 is 0 Å². The molecular formula is C24H58N2O9Si4. The van der Waals surface area contributed by atoms with E-state index in [1.807, 2.05) is 0 Å². The van der Waals surface area contributed by atoms with Gasteiger partial charge < -0.3 is 40.5 Å². The molecule has 0 amide bonds. The Labute approximate surface area is 243 Å².